The Morgan fingerprint density at radius 1 is 0.878 bits per heavy atom. The fraction of sp³-hybridized carbons (Fsp3) is 0.250. The number of nitrogens with one attached hydrogen (secondary N) is 4. The smallest absolute Gasteiger partial charge is 0.410 e. The van der Waals surface area contributed by atoms with Gasteiger partial charge in [-0.15, -0.1) is 0 Å². The molecule has 4 amide bonds. The number of likely N-dealkylation sites (tertiary alicyclic amines) is 1. The van der Waals surface area contributed by atoms with Gasteiger partial charge in [0.2, 0.25) is 5.91 Å². The zero-order valence-corrected chi connectivity index (χ0v) is 26.7. The molecule has 3 atom stereocenters. The van der Waals surface area contributed by atoms with Gasteiger partial charge in [-0.25, -0.2) is 19.4 Å². The Hall–Kier alpha value is -5.95. The van der Waals surface area contributed by atoms with Gasteiger partial charge in [-0.2, -0.15) is 0 Å². The largest absolute Gasteiger partial charge is 0.480 e. The first-order chi connectivity index (χ1) is 23.8. The Bertz CT molecular complexity index is 1680. The molecule has 3 aromatic carbocycles. The van der Waals surface area contributed by atoms with Crippen molar-refractivity contribution in [2.45, 2.75) is 31.2 Å². The number of carboxylic acid groups (broad SMARTS) is 1. The van der Waals surface area contributed by atoms with Crippen LogP contribution in [0, 0.1) is 0 Å². The highest BCUT2D eigenvalue weighted by atomic mass is 16.6. The fourth-order valence-electron chi connectivity index (χ4n) is 5.27. The second-order valence-electron chi connectivity index (χ2n) is 11.3. The van der Waals surface area contributed by atoms with E-state index >= 15 is 0 Å². The average Bonchev–Trinajstić information content (AvgIpc) is 3.55. The molecule has 4 aromatic rings. The molecule has 254 valence electrons. The second-order valence-corrected chi connectivity index (χ2v) is 11.3. The Kier molecular flexibility index (Phi) is 12.1. The first kappa shape index (κ1) is 34.4. The quantitative estimate of drug-likeness (QED) is 0.131. The summed E-state index contributed by atoms with van der Waals surface area (Å²) in [7, 11) is 0. The summed E-state index contributed by atoms with van der Waals surface area (Å²) in [5, 5.41) is 20.3. The Balaban J connectivity index is 1.08. The van der Waals surface area contributed by atoms with Gasteiger partial charge in [0, 0.05) is 25.0 Å². The molecule has 1 aliphatic rings. The summed E-state index contributed by atoms with van der Waals surface area (Å²) in [5.41, 5.74) is 3.31. The number of carbonyl (C=O) groups is 4. The van der Waals surface area contributed by atoms with Crippen LogP contribution in [-0.4, -0.2) is 83.4 Å². The number of anilines is 2. The minimum Gasteiger partial charge on any atom is -0.480 e. The van der Waals surface area contributed by atoms with Gasteiger partial charge < -0.3 is 40.7 Å². The number of pyridine rings is 1. The van der Waals surface area contributed by atoms with Crippen molar-refractivity contribution < 1.29 is 33.8 Å². The summed E-state index contributed by atoms with van der Waals surface area (Å²) in [6.07, 6.45) is 1.11. The molecule has 1 aromatic heterocycles. The number of carbonyl (C=O) groups excluding carboxylic acids is 3. The summed E-state index contributed by atoms with van der Waals surface area (Å²) in [6, 6.07) is 29.2. The minimum atomic E-state index is -1.39. The van der Waals surface area contributed by atoms with E-state index in [1.54, 1.807) is 29.3 Å². The summed E-state index contributed by atoms with van der Waals surface area (Å²) in [4.78, 5) is 55.9. The van der Waals surface area contributed by atoms with Gasteiger partial charge in [-0.1, -0.05) is 78.9 Å². The van der Waals surface area contributed by atoms with E-state index in [0.717, 1.165) is 16.7 Å². The van der Waals surface area contributed by atoms with Gasteiger partial charge in [0.05, 0.1) is 18.7 Å². The highest BCUT2D eigenvalue weighted by Gasteiger charge is 2.37. The van der Waals surface area contributed by atoms with Gasteiger partial charge in [-0.05, 0) is 47.4 Å². The maximum absolute atomic E-state index is 13.1. The third-order valence-electron chi connectivity index (χ3n) is 7.81. The van der Waals surface area contributed by atoms with Crippen LogP contribution in [0.25, 0.3) is 11.1 Å². The first-order valence-electron chi connectivity index (χ1n) is 15.8. The maximum Gasteiger partial charge on any atom is 0.410 e. The highest BCUT2D eigenvalue weighted by molar-refractivity contribution is 5.92. The molecule has 13 heteroatoms. The standard InChI is InChI=1S/C36H38N6O7/c43-33(39-21-31(34(44)45)41-35(46)40-28-16-14-27(15-17-28)26-11-5-2-6-12-26)24-48-30-19-29(20-38-32-13-7-8-18-37-32)42(22-30)36(47)49-23-25-9-3-1-4-10-25/h1-18,29-31H,19-24H2,(H,37,38)(H,39,43)(H,44,45)(H2,40,41,46)/t29-,30+,31-/m0/s1. The zero-order chi connectivity index (χ0) is 34.4. The van der Waals surface area contributed by atoms with Crippen molar-refractivity contribution in [2.75, 3.05) is 36.9 Å². The number of amides is 4. The van der Waals surface area contributed by atoms with Gasteiger partial charge in [0.1, 0.15) is 25.1 Å². The number of urea groups is 1. The molecule has 5 N–H and O–H groups in total. The van der Waals surface area contributed by atoms with Crippen molar-refractivity contribution >= 4 is 35.5 Å². The van der Waals surface area contributed by atoms with E-state index < -0.39 is 36.1 Å². The number of rotatable bonds is 14. The molecule has 1 aliphatic heterocycles. The normalized spacial score (nSPS) is 15.9. The summed E-state index contributed by atoms with van der Waals surface area (Å²) in [6.45, 7) is -0.0425. The van der Waals surface area contributed by atoms with Crippen molar-refractivity contribution in [1.29, 1.82) is 0 Å². The van der Waals surface area contributed by atoms with Crippen LogP contribution < -0.4 is 21.3 Å². The van der Waals surface area contributed by atoms with Crippen LogP contribution in [0.15, 0.2) is 109 Å². The average molecular weight is 667 g/mol. The molecule has 0 bridgehead atoms. The lowest BCUT2D eigenvalue weighted by atomic mass is 10.1. The number of nitrogens with zero attached hydrogens (tertiary/aromatic N) is 2. The van der Waals surface area contributed by atoms with E-state index in [0.29, 0.717) is 24.5 Å². The van der Waals surface area contributed by atoms with E-state index in [-0.39, 0.29) is 32.3 Å². The molecule has 1 saturated heterocycles. The monoisotopic (exact) mass is 666 g/mol. The Morgan fingerprint density at radius 3 is 2.27 bits per heavy atom. The highest BCUT2D eigenvalue weighted by Crippen LogP contribution is 2.23. The number of benzene rings is 3. The van der Waals surface area contributed by atoms with Gasteiger partial charge >= 0.3 is 18.1 Å². The zero-order valence-electron chi connectivity index (χ0n) is 26.7. The van der Waals surface area contributed by atoms with Crippen LogP contribution in [0.3, 0.4) is 0 Å². The number of hydrogen-bond acceptors (Lipinski definition) is 8. The summed E-state index contributed by atoms with van der Waals surface area (Å²) in [5.74, 6) is -1.24. The first-order valence-corrected chi connectivity index (χ1v) is 15.8. The molecule has 1 fully saturated rings. The predicted molar refractivity (Wildman–Crippen MR) is 183 cm³/mol. The lowest BCUT2D eigenvalue weighted by molar-refractivity contribution is -0.139. The molecule has 0 saturated carbocycles. The Labute approximate surface area is 283 Å². The molecular weight excluding hydrogens is 628 g/mol. The molecule has 5 rings (SSSR count). The van der Waals surface area contributed by atoms with E-state index in [4.69, 9.17) is 9.47 Å². The van der Waals surface area contributed by atoms with Crippen LogP contribution in [0.5, 0.6) is 0 Å². The fourth-order valence-corrected chi connectivity index (χ4v) is 5.27. The van der Waals surface area contributed by atoms with Gasteiger partial charge in [0.15, 0.2) is 0 Å². The molecule has 0 radical (unpaired) electrons. The molecule has 0 unspecified atom stereocenters. The minimum absolute atomic E-state index is 0.113. The number of ether oxygens (including phenoxy) is 2. The summed E-state index contributed by atoms with van der Waals surface area (Å²) >= 11 is 0. The molecule has 0 aliphatic carbocycles. The van der Waals surface area contributed by atoms with Crippen LogP contribution in [0.2, 0.25) is 0 Å². The number of hydrogen-bond donors (Lipinski definition) is 5. The van der Waals surface area contributed by atoms with E-state index in [9.17, 15) is 24.3 Å². The van der Waals surface area contributed by atoms with Crippen molar-refractivity contribution in [3.05, 3.63) is 115 Å². The Morgan fingerprint density at radius 2 is 1.57 bits per heavy atom. The lowest BCUT2D eigenvalue weighted by Crippen LogP contribution is -2.50. The third kappa shape index (κ3) is 10.5. The van der Waals surface area contributed by atoms with Crippen molar-refractivity contribution in [3.63, 3.8) is 0 Å². The van der Waals surface area contributed by atoms with Crippen LogP contribution >= 0.6 is 0 Å². The lowest BCUT2D eigenvalue weighted by Gasteiger charge is -2.24. The van der Waals surface area contributed by atoms with Gasteiger partial charge in [-0.3, -0.25) is 4.79 Å². The topological polar surface area (TPSA) is 171 Å². The molecule has 2 heterocycles. The van der Waals surface area contributed by atoms with Crippen LogP contribution in [-0.2, 0) is 25.7 Å². The van der Waals surface area contributed by atoms with Crippen molar-refractivity contribution in [2.24, 2.45) is 0 Å². The van der Waals surface area contributed by atoms with Crippen LogP contribution in [0.1, 0.15) is 12.0 Å². The number of aromatic nitrogens is 1. The third-order valence-corrected chi connectivity index (χ3v) is 7.81. The van der Waals surface area contributed by atoms with E-state index in [2.05, 4.69) is 26.3 Å². The van der Waals surface area contributed by atoms with Gasteiger partial charge in [0.25, 0.3) is 0 Å². The number of aliphatic carboxylic acids is 1. The van der Waals surface area contributed by atoms with E-state index in [1.807, 2.05) is 84.9 Å². The van der Waals surface area contributed by atoms with Crippen LogP contribution in [0.4, 0.5) is 21.1 Å². The maximum atomic E-state index is 13.1. The molecule has 0 spiro atoms. The summed E-state index contributed by atoms with van der Waals surface area (Å²) < 4.78 is 11.4. The molecular formula is C36H38N6O7. The second kappa shape index (κ2) is 17.3. The SMILES string of the molecule is O=C(CO[C@@H]1C[C@@H](CNc2ccccn2)N(C(=O)OCc2ccccc2)C1)NC[C@H](NC(=O)Nc1ccc(-c2ccccc2)cc1)C(=O)O. The molecule has 13 nitrogen and oxygen atoms in total. The van der Waals surface area contributed by atoms with Crippen molar-refractivity contribution in [3.8, 4) is 11.1 Å². The number of carboxylic acids is 1. The van der Waals surface area contributed by atoms with E-state index in [1.165, 1.54) is 0 Å². The molecule has 49 heavy (non-hydrogen) atoms. The van der Waals surface area contributed by atoms with Crippen molar-refractivity contribution in [1.82, 2.24) is 20.5 Å². The predicted octanol–water partition coefficient (Wildman–Crippen LogP) is 4.35.